The zero-order valence-electron chi connectivity index (χ0n) is 17.4. The van der Waals surface area contributed by atoms with Crippen LogP contribution >= 0.6 is 0 Å². The van der Waals surface area contributed by atoms with Crippen molar-refractivity contribution in [2.24, 2.45) is 0 Å². The summed E-state index contributed by atoms with van der Waals surface area (Å²) in [5.74, 6) is 0. The van der Waals surface area contributed by atoms with Crippen LogP contribution in [0.5, 0.6) is 0 Å². The molecule has 8 heteroatoms. The minimum Gasteiger partial charge on any atom is -0.334 e. The Hall–Kier alpha value is -1.64. The molecule has 2 fully saturated rings. The highest BCUT2D eigenvalue weighted by Gasteiger charge is 2.28. The van der Waals surface area contributed by atoms with Gasteiger partial charge in [-0.3, -0.25) is 0 Å². The van der Waals surface area contributed by atoms with E-state index in [4.69, 9.17) is 0 Å². The molecule has 0 aliphatic carbocycles. The molecule has 2 aliphatic heterocycles. The topological polar surface area (TPSA) is 81.8 Å². The first kappa shape index (κ1) is 22.1. The lowest BCUT2D eigenvalue weighted by Gasteiger charge is -2.29. The van der Waals surface area contributed by atoms with Gasteiger partial charge in [-0.05, 0) is 57.3 Å². The van der Waals surface area contributed by atoms with Crippen LogP contribution in [0, 0.1) is 0 Å². The number of carbonyl (C=O) groups excluding carboxylic acids is 1. The molecule has 29 heavy (non-hydrogen) atoms. The van der Waals surface area contributed by atoms with E-state index in [-0.39, 0.29) is 18.6 Å². The number of sulfonamides is 1. The van der Waals surface area contributed by atoms with Crippen molar-refractivity contribution in [2.75, 3.05) is 32.7 Å². The van der Waals surface area contributed by atoms with Gasteiger partial charge in [-0.15, -0.1) is 0 Å². The summed E-state index contributed by atoms with van der Waals surface area (Å²) in [6.45, 7) is 6.35. The van der Waals surface area contributed by atoms with Crippen molar-refractivity contribution in [2.45, 2.75) is 62.9 Å². The van der Waals surface area contributed by atoms with Crippen molar-refractivity contribution in [3.63, 3.8) is 0 Å². The molecule has 2 amide bonds. The highest BCUT2D eigenvalue weighted by Crippen LogP contribution is 2.23. The van der Waals surface area contributed by atoms with E-state index >= 15 is 0 Å². The van der Waals surface area contributed by atoms with Crippen molar-refractivity contribution >= 4 is 16.1 Å². The van der Waals surface area contributed by atoms with E-state index in [1.54, 1.807) is 22.5 Å². The standard InChI is InChI=1S/C21H34N4O3S/c1-18(17-24-12-6-2-7-13-24)23-21(26)22-16-19-10-4-5-11-20(19)29(27,28)25-14-8-3-9-15-25/h4-5,10-11,18H,2-3,6-9,12-17H2,1H3,(H2,22,23,26). The van der Waals surface area contributed by atoms with Crippen molar-refractivity contribution in [3.8, 4) is 0 Å². The summed E-state index contributed by atoms with van der Waals surface area (Å²) < 4.78 is 27.7. The summed E-state index contributed by atoms with van der Waals surface area (Å²) in [4.78, 5) is 15.0. The Kier molecular flexibility index (Phi) is 7.91. The molecule has 0 aromatic heterocycles. The van der Waals surface area contributed by atoms with Crippen LogP contribution in [0.15, 0.2) is 29.2 Å². The highest BCUT2D eigenvalue weighted by molar-refractivity contribution is 7.89. The molecule has 2 saturated heterocycles. The fourth-order valence-corrected chi connectivity index (χ4v) is 5.91. The SMILES string of the molecule is CC(CN1CCCCC1)NC(=O)NCc1ccccc1S(=O)(=O)N1CCCCC1. The third-order valence-electron chi connectivity index (χ3n) is 5.70. The number of urea groups is 1. The number of nitrogens with one attached hydrogen (secondary N) is 2. The van der Waals surface area contributed by atoms with E-state index in [0.29, 0.717) is 23.5 Å². The van der Waals surface area contributed by atoms with Gasteiger partial charge in [-0.25, -0.2) is 13.2 Å². The van der Waals surface area contributed by atoms with Crippen LogP contribution in [0.4, 0.5) is 4.79 Å². The third kappa shape index (κ3) is 6.17. The predicted octanol–water partition coefficient (Wildman–Crippen LogP) is 2.53. The van der Waals surface area contributed by atoms with Crippen molar-refractivity contribution in [1.82, 2.24) is 19.8 Å². The Bertz CT molecular complexity index is 772. The molecule has 1 unspecified atom stereocenters. The Morgan fingerprint density at radius 1 is 1.00 bits per heavy atom. The maximum Gasteiger partial charge on any atom is 0.315 e. The lowest BCUT2D eigenvalue weighted by atomic mass is 10.1. The molecule has 7 nitrogen and oxygen atoms in total. The van der Waals surface area contributed by atoms with Crippen LogP contribution in [-0.4, -0.2) is 62.4 Å². The van der Waals surface area contributed by atoms with Gasteiger partial charge >= 0.3 is 6.03 Å². The lowest BCUT2D eigenvalue weighted by Crippen LogP contribution is -2.47. The maximum absolute atomic E-state index is 13.0. The molecule has 0 radical (unpaired) electrons. The number of rotatable bonds is 7. The van der Waals surface area contributed by atoms with Gasteiger partial charge < -0.3 is 15.5 Å². The maximum atomic E-state index is 13.0. The molecule has 0 spiro atoms. The summed E-state index contributed by atoms with van der Waals surface area (Å²) in [6, 6.07) is 6.73. The van der Waals surface area contributed by atoms with Gasteiger partial charge in [0, 0.05) is 32.2 Å². The van der Waals surface area contributed by atoms with E-state index in [0.717, 1.165) is 38.9 Å². The van der Waals surface area contributed by atoms with Crippen LogP contribution in [-0.2, 0) is 16.6 Å². The van der Waals surface area contributed by atoms with Gasteiger partial charge in [-0.1, -0.05) is 31.0 Å². The number of piperidine rings is 2. The Labute approximate surface area is 174 Å². The normalized spacial score (nSPS) is 20.2. The minimum atomic E-state index is -3.53. The van der Waals surface area contributed by atoms with Crippen LogP contribution in [0.2, 0.25) is 0 Å². The summed E-state index contributed by atoms with van der Waals surface area (Å²) in [5.41, 5.74) is 0.622. The molecule has 0 saturated carbocycles. The largest absolute Gasteiger partial charge is 0.334 e. The Morgan fingerprint density at radius 2 is 1.62 bits per heavy atom. The zero-order valence-corrected chi connectivity index (χ0v) is 18.2. The molecule has 162 valence electrons. The van der Waals surface area contributed by atoms with Crippen LogP contribution in [0.25, 0.3) is 0 Å². The second-order valence-electron chi connectivity index (χ2n) is 8.16. The molecular formula is C21H34N4O3S. The molecular weight excluding hydrogens is 388 g/mol. The summed E-state index contributed by atoms with van der Waals surface area (Å²) in [6.07, 6.45) is 6.61. The summed E-state index contributed by atoms with van der Waals surface area (Å²) >= 11 is 0. The number of likely N-dealkylation sites (tertiary alicyclic amines) is 1. The monoisotopic (exact) mass is 422 g/mol. The van der Waals surface area contributed by atoms with E-state index in [2.05, 4.69) is 15.5 Å². The number of nitrogens with zero attached hydrogens (tertiary/aromatic N) is 2. The second kappa shape index (κ2) is 10.4. The van der Waals surface area contributed by atoms with Crippen molar-refractivity contribution in [3.05, 3.63) is 29.8 Å². The molecule has 0 bridgehead atoms. The molecule has 2 heterocycles. The Morgan fingerprint density at radius 3 is 2.31 bits per heavy atom. The quantitative estimate of drug-likeness (QED) is 0.708. The molecule has 3 rings (SSSR count). The van der Waals surface area contributed by atoms with Gasteiger partial charge in [0.1, 0.15) is 0 Å². The van der Waals surface area contributed by atoms with E-state index in [9.17, 15) is 13.2 Å². The minimum absolute atomic E-state index is 0.0421. The zero-order chi connectivity index (χ0) is 20.7. The number of carbonyl (C=O) groups is 1. The van der Waals surface area contributed by atoms with Gasteiger partial charge in [0.15, 0.2) is 0 Å². The number of benzene rings is 1. The second-order valence-corrected chi connectivity index (χ2v) is 10.1. The first-order chi connectivity index (χ1) is 14.0. The molecule has 1 atom stereocenters. The first-order valence-corrected chi connectivity index (χ1v) is 12.3. The first-order valence-electron chi connectivity index (χ1n) is 10.8. The molecule has 2 N–H and O–H groups in total. The highest BCUT2D eigenvalue weighted by atomic mass is 32.2. The van der Waals surface area contributed by atoms with Gasteiger partial charge in [0.05, 0.1) is 4.90 Å². The van der Waals surface area contributed by atoms with Gasteiger partial charge in [-0.2, -0.15) is 4.31 Å². The van der Waals surface area contributed by atoms with E-state index in [1.165, 1.54) is 19.3 Å². The van der Waals surface area contributed by atoms with Crippen LogP contribution in [0.1, 0.15) is 51.0 Å². The number of hydrogen-bond acceptors (Lipinski definition) is 4. The average Bonchev–Trinajstić information content (AvgIpc) is 2.73. The van der Waals surface area contributed by atoms with Gasteiger partial charge in [0.2, 0.25) is 10.0 Å². The molecule has 1 aromatic carbocycles. The van der Waals surface area contributed by atoms with Gasteiger partial charge in [0.25, 0.3) is 0 Å². The molecule has 2 aliphatic rings. The van der Waals surface area contributed by atoms with Crippen molar-refractivity contribution in [1.29, 1.82) is 0 Å². The smallest absolute Gasteiger partial charge is 0.315 e. The van der Waals surface area contributed by atoms with Crippen LogP contribution in [0.3, 0.4) is 0 Å². The van der Waals surface area contributed by atoms with E-state index < -0.39 is 10.0 Å². The van der Waals surface area contributed by atoms with Crippen LogP contribution < -0.4 is 10.6 Å². The van der Waals surface area contributed by atoms with E-state index in [1.807, 2.05) is 13.0 Å². The number of hydrogen-bond donors (Lipinski definition) is 2. The average molecular weight is 423 g/mol. The summed E-state index contributed by atoms with van der Waals surface area (Å²) in [5, 5.41) is 5.80. The predicted molar refractivity (Wildman–Crippen MR) is 114 cm³/mol. The fraction of sp³-hybridized carbons (Fsp3) is 0.667. The fourth-order valence-electron chi connectivity index (χ4n) is 4.17. The number of amides is 2. The molecule has 1 aromatic rings. The third-order valence-corrected chi connectivity index (χ3v) is 7.70. The summed E-state index contributed by atoms with van der Waals surface area (Å²) in [7, 11) is -3.53. The Balaban J connectivity index is 1.55. The lowest BCUT2D eigenvalue weighted by molar-refractivity contribution is 0.203. The van der Waals surface area contributed by atoms with Crippen molar-refractivity contribution < 1.29 is 13.2 Å².